The van der Waals surface area contributed by atoms with E-state index in [1.165, 1.54) is 31.4 Å². The van der Waals surface area contributed by atoms with Crippen LogP contribution in [0.4, 0.5) is 13.2 Å². The summed E-state index contributed by atoms with van der Waals surface area (Å²) in [4.78, 5) is 2.37. The molecule has 2 aliphatic rings. The van der Waals surface area contributed by atoms with Crippen molar-refractivity contribution in [1.82, 2.24) is 20.9 Å². The maximum Gasteiger partial charge on any atom is 0.417 e. The highest BCUT2D eigenvalue weighted by atomic mass is 19.4. The van der Waals surface area contributed by atoms with Crippen LogP contribution in [-0.2, 0) is 11.7 Å². The molecule has 1 aliphatic heterocycles. The Kier molecular flexibility index (Phi) is 8.92. The van der Waals surface area contributed by atoms with Crippen LogP contribution in [0.5, 0.6) is 0 Å². The van der Waals surface area contributed by atoms with Crippen molar-refractivity contribution >= 4 is 11.3 Å². The lowest BCUT2D eigenvalue weighted by atomic mass is 9.81. The molecule has 0 amide bonds. The zero-order valence-electron chi connectivity index (χ0n) is 22.7. The van der Waals surface area contributed by atoms with E-state index in [9.17, 15) is 13.2 Å². The molecule has 1 fully saturated rings. The van der Waals surface area contributed by atoms with E-state index >= 15 is 0 Å². The van der Waals surface area contributed by atoms with E-state index < -0.39 is 17.3 Å². The molecule has 4 rings (SSSR count). The van der Waals surface area contributed by atoms with Gasteiger partial charge in [-0.2, -0.15) is 13.2 Å². The molecule has 0 radical (unpaired) electrons. The number of fused-ring (bicyclic) bond motifs is 1. The summed E-state index contributed by atoms with van der Waals surface area (Å²) in [5.41, 5.74) is 14.8. The van der Waals surface area contributed by atoms with Crippen molar-refractivity contribution in [3.05, 3.63) is 94.6 Å². The van der Waals surface area contributed by atoms with Crippen molar-refractivity contribution in [2.24, 2.45) is 11.5 Å². The second kappa shape index (κ2) is 12.2. The average Bonchev–Trinajstić information content (AvgIpc) is 2.92. The number of nitrogens with two attached hydrogens (primary N) is 2. The first kappa shape index (κ1) is 28.6. The van der Waals surface area contributed by atoms with Crippen molar-refractivity contribution in [3.63, 3.8) is 0 Å². The van der Waals surface area contributed by atoms with Crippen LogP contribution >= 0.6 is 0 Å². The summed E-state index contributed by atoms with van der Waals surface area (Å²) in [6.07, 6.45) is 3.20. The number of likely N-dealkylation sites (tertiary alicyclic amines) is 1. The fourth-order valence-electron chi connectivity index (χ4n) is 5.31. The molecule has 1 unspecified atom stereocenters. The Balaban J connectivity index is 1.68. The van der Waals surface area contributed by atoms with Crippen LogP contribution in [0.15, 0.2) is 72.3 Å². The zero-order valence-corrected chi connectivity index (χ0v) is 22.7. The fraction of sp³-hybridized carbons (Fsp3) is 0.400. The molecule has 0 spiro atoms. The lowest BCUT2D eigenvalue weighted by molar-refractivity contribution is -0.137. The molecule has 0 aromatic heterocycles. The summed E-state index contributed by atoms with van der Waals surface area (Å²) in [6, 6.07) is 13.4. The number of nitrogens with one attached hydrogen (secondary N) is 3. The number of alkyl halides is 3. The van der Waals surface area contributed by atoms with Gasteiger partial charge in [-0.05, 0) is 62.5 Å². The number of hydrogen-bond acceptors (Lipinski definition) is 6. The summed E-state index contributed by atoms with van der Waals surface area (Å²) >= 11 is 0. The minimum atomic E-state index is -4.53. The van der Waals surface area contributed by atoms with E-state index in [0.717, 1.165) is 42.5 Å². The summed E-state index contributed by atoms with van der Waals surface area (Å²) in [5, 5.41) is 9.63. The highest BCUT2D eigenvalue weighted by Crippen LogP contribution is 2.37. The minimum Gasteiger partial charge on any atom is -0.385 e. The van der Waals surface area contributed by atoms with E-state index in [-0.39, 0.29) is 11.4 Å². The van der Waals surface area contributed by atoms with Gasteiger partial charge < -0.3 is 32.3 Å². The summed E-state index contributed by atoms with van der Waals surface area (Å²) < 4.78 is 42.2. The molecule has 1 aliphatic carbocycles. The molecule has 2 aromatic carbocycles. The van der Waals surface area contributed by atoms with Gasteiger partial charge in [-0.1, -0.05) is 55.0 Å². The van der Waals surface area contributed by atoms with Crippen LogP contribution in [0.1, 0.15) is 54.9 Å². The number of halogens is 3. The third-order valence-electron chi connectivity index (χ3n) is 7.36. The lowest BCUT2D eigenvalue weighted by Crippen LogP contribution is -2.37. The van der Waals surface area contributed by atoms with E-state index in [4.69, 9.17) is 11.5 Å². The number of benzene rings is 2. The maximum atomic E-state index is 14.1. The first-order valence-corrected chi connectivity index (χ1v) is 13.5. The molecule has 210 valence electrons. The van der Waals surface area contributed by atoms with Crippen LogP contribution in [0, 0.1) is 0 Å². The minimum absolute atomic E-state index is 0.0390. The van der Waals surface area contributed by atoms with Gasteiger partial charge in [0.2, 0.25) is 0 Å². The highest BCUT2D eigenvalue weighted by Gasteiger charge is 2.34. The van der Waals surface area contributed by atoms with Gasteiger partial charge >= 0.3 is 6.18 Å². The molecule has 1 atom stereocenters. The molecule has 7 N–H and O–H groups in total. The SMILES string of the molecule is CN/C(NCCN1CCCCC1)=C(\C=C(/N)NC1=CCC(C)(N)c2ccccc21)c1ccccc1C(F)(F)F. The van der Waals surface area contributed by atoms with Crippen molar-refractivity contribution < 1.29 is 13.2 Å². The predicted octanol–water partition coefficient (Wildman–Crippen LogP) is 4.68. The van der Waals surface area contributed by atoms with Gasteiger partial charge in [-0.15, -0.1) is 0 Å². The zero-order chi connectivity index (χ0) is 28.0. The van der Waals surface area contributed by atoms with Crippen LogP contribution in [-0.4, -0.2) is 38.1 Å². The Bertz CT molecular complexity index is 1240. The van der Waals surface area contributed by atoms with E-state index in [1.807, 2.05) is 37.3 Å². The first-order valence-electron chi connectivity index (χ1n) is 13.5. The van der Waals surface area contributed by atoms with Gasteiger partial charge in [0.05, 0.1) is 5.56 Å². The van der Waals surface area contributed by atoms with E-state index in [1.54, 1.807) is 19.2 Å². The molecular weight excluding hydrogens is 501 g/mol. The Morgan fingerprint density at radius 2 is 1.74 bits per heavy atom. The smallest absolute Gasteiger partial charge is 0.385 e. The summed E-state index contributed by atoms with van der Waals surface area (Å²) in [6.45, 7) is 5.45. The third kappa shape index (κ3) is 6.96. The quantitative estimate of drug-likeness (QED) is 0.297. The number of nitrogens with zero attached hydrogens (tertiary/aromatic N) is 1. The number of rotatable bonds is 9. The van der Waals surface area contributed by atoms with Gasteiger partial charge in [0.25, 0.3) is 0 Å². The highest BCUT2D eigenvalue weighted by molar-refractivity contribution is 5.80. The fourth-order valence-corrected chi connectivity index (χ4v) is 5.31. The van der Waals surface area contributed by atoms with Crippen molar-refractivity contribution in [2.75, 3.05) is 33.2 Å². The number of allylic oxidation sites excluding steroid dienone is 2. The van der Waals surface area contributed by atoms with E-state index in [0.29, 0.717) is 24.4 Å². The Morgan fingerprint density at radius 3 is 2.46 bits per heavy atom. The molecule has 1 heterocycles. The third-order valence-corrected chi connectivity index (χ3v) is 7.36. The Labute approximate surface area is 229 Å². The maximum absolute atomic E-state index is 14.1. The van der Waals surface area contributed by atoms with E-state index in [2.05, 4.69) is 20.9 Å². The standard InChI is InChI=1S/C30H39F3N6/c1-29(35)15-14-26(22-11-5-6-12-24(22)29)38-27(34)20-23(21-10-4-7-13-25(21)30(31,32)33)28(36-2)37-16-19-39-17-8-3-9-18-39/h4-7,10-14,20,36-38H,3,8-9,15-19,34-35H2,1-2H3/b27-20+,28-23-. The first-order chi connectivity index (χ1) is 18.6. The van der Waals surface area contributed by atoms with Gasteiger partial charge in [0, 0.05) is 42.5 Å². The van der Waals surface area contributed by atoms with Gasteiger partial charge in [0.15, 0.2) is 0 Å². The summed E-state index contributed by atoms with van der Waals surface area (Å²) in [7, 11) is 1.69. The second-order valence-corrected chi connectivity index (χ2v) is 10.4. The number of piperidine rings is 1. The van der Waals surface area contributed by atoms with Crippen LogP contribution in [0.2, 0.25) is 0 Å². The van der Waals surface area contributed by atoms with Gasteiger partial charge in [-0.3, -0.25) is 0 Å². The molecule has 0 saturated carbocycles. The number of hydrogen-bond donors (Lipinski definition) is 5. The Morgan fingerprint density at radius 1 is 1.05 bits per heavy atom. The molecule has 39 heavy (non-hydrogen) atoms. The Hall–Kier alpha value is -3.43. The molecule has 1 saturated heterocycles. The van der Waals surface area contributed by atoms with Gasteiger partial charge in [0.1, 0.15) is 11.6 Å². The molecule has 6 nitrogen and oxygen atoms in total. The van der Waals surface area contributed by atoms with Crippen LogP contribution in [0.25, 0.3) is 11.3 Å². The molecule has 2 aromatic rings. The predicted molar refractivity (Wildman–Crippen MR) is 152 cm³/mol. The topological polar surface area (TPSA) is 91.4 Å². The molecule has 0 bridgehead atoms. The summed E-state index contributed by atoms with van der Waals surface area (Å²) in [5.74, 6) is 0.690. The largest absolute Gasteiger partial charge is 0.417 e. The molecule has 9 heteroatoms. The molecular formula is C30H39F3N6. The van der Waals surface area contributed by atoms with Crippen molar-refractivity contribution in [2.45, 2.75) is 44.3 Å². The van der Waals surface area contributed by atoms with Crippen molar-refractivity contribution in [3.8, 4) is 0 Å². The van der Waals surface area contributed by atoms with Gasteiger partial charge in [-0.25, -0.2) is 0 Å². The average molecular weight is 541 g/mol. The lowest BCUT2D eigenvalue weighted by Gasteiger charge is -2.32. The second-order valence-electron chi connectivity index (χ2n) is 10.4. The van der Waals surface area contributed by atoms with Crippen molar-refractivity contribution in [1.29, 1.82) is 0 Å². The monoisotopic (exact) mass is 540 g/mol. The normalized spacial score (nSPS) is 21.0. The van der Waals surface area contributed by atoms with Crippen LogP contribution in [0.3, 0.4) is 0 Å². The van der Waals surface area contributed by atoms with Crippen LogP contribution < -0.4 is 27.4 Å².